The summed E-state index contributed by atoms with van der Waals surface area (Å²) >= 11 is 0. The van der Waals surface area contributed by atoms with E-state index in [2.05, 4.69) is 32.3 Å². The van der Waals surface area contributed by atoms with Crippen LogP contribution in [-0.2, 0) is 0 Å². The Hall–Kier alpha value is -2.18. The summed E-state index contributed by atoms with van der Waals surface area (Å²) in [6, 6.07) is 2.28. The summed E-state index contributed by atoms with van der Waals surface area (Å²) in [5.74, 6) is 0.968. The van der Waals surface area contributed by atoms with Crippen LogP contribution in [0.1, 0.15) is 38.6 Å². The fraction of sp³-hybridized carbons (Fsp3) is 0.571. The zero-order valence-electron chi connectivity index (χ0n) is 13.2. The maximum Gasteiger partial charge on any atom is 0.323 e. The highest BCUT2D eigenvalue weighted by atomic mass is 16.5. The van der Waals surface area contributed by atoms with Gasteiger partial charge in [0, 0.05) is 12.2 Å². The molecule has 0 aromatic carbocycles. The molecule has 0 aliphatic carbocycles. The Bertz CT molecular complexity index is 608. The Morgan fingerprint density at radius 1 is 1.24 bits per heavy atom. The topological polar surface area (TPSA) is 77.8 Å². The number of ether oxygens (including phenoxy) is 1. The van der Waals surface area contributed by atoms with Crippen molar-refractivity contribution in [1.29, 1.82) is 0 Å². The first kappa shape index (κ1) is 15.2. The highest BCUT2D eigenvalue weighted by Gasteiger charge is 2.13. The number of nitrogens with one attached hydrogen (secondary N) is 1. The molecule has 0 fully saturated rings. The van der Waals surface area contributed by atoms with Crippen LogP contribution in [0, 0.1) is 13.8 Å². The Morgan fingerprint density at radius 3 is 2.57 bits per heavy atom. The molecule has 0 saturated carbocycles. The van der Waals surface area contributed by atoms with Gasteiger partial charge in [-0.1, -0.05) is 6.92 Å². The Labute approximate surface area is 124 Å². The molecule has 2 heterocycles. The van der Waals surface area contributed by atoms with Crippen molar-refractivity contribution in [2.45, 2.75) is 47.1 Å². The van der Waals surface area contributed by atoms with Gasteiger partial charge in [-0.15, -0.1) is 0 Å². The van der Waals surface area contributed by atoms with E-state index in [1.807, 2.05) is 33.8 Å². The molecule has 2 aromatic rings. The molecule has 21 heavy (non-hydrogen) atoms. The monoisotopic (exact) mass is 290 g/mol. The fourth-order valence-corrected chi connectivity index (χ4v) is 1.85. The lowest BCUT2D eigenvalue weighted by molar-refractivity contribution is 0.221. The minimum Gasteiger partial charge on any atom is -0.461 e. The van der Waals surface area contributed by atoms with Crippen LogP contribution in [0.15, 0.2) is 6.07 Å². The van der Waals surface area contributed by atoms with E-state index < -0.39 is 0 Å². The average Bonchev–Trinajstić information content (AvgIpc) is 2.74. The number of nitrogens with zero attached hydrogens (tertiary/aromatic N) is 5. The van der Waals surface area contributed by atoms with E-state index in [0.717, 1.165) is 24.4 Å². The lowest BCUT2D eigenvalue weighted by atomic mass is 10.4. The fourth-order valence-electron chi connectivity index (χ4n) is 1.85. The predicted octanol–water partition coefficient (Wildman–Crippen LogP) is 2.28. The summed E-state index contributed by atoms with van der Waals surface area (Å²) in [6.07, 6.45) is 0.987. The average molecular weight is 290 g/mol. The first-order valence-corrected chi connectivity index (χ1v) is 7.19. The second-order valence-corrected chi connectivity index (χ2v) is 5.17. The lowest BCUT2D eigenvalue weighted by Gasteiger charge is -2.11. The van der Waals surface area contributed by atoms with Crippen molar-refractivity contribution >= 4 is 5.95 Å². The molecular formula is C14H22N6O. The van der Waals surface area contributed by atoms with Crippen LogP contribution in [0.2, 0.25) is 0 Å². The van der Waals surface area contributed by atoms with Crippen LogP contribution in [0.4, 0.5) is 5.95 Å². The van der Waals surface area contributed by atoms with E-state index in [0.29, 0.717) is 17.9 Å². The van der Waals surface area contributed by atoms with Gasteiger partial charge < -0.3 is 10.1 Å². The largest absolute Gasteiger partial charge is 0.461 e. The molecule has 114 valence electrons. The quantitative estimate of drug-likeness (QED) is 0.879. The number of rotatable bonds is 6. The number of anilines is 1. The summed E-state index contributed by atoms with van der Waals surface area (Å²) < 4.78 is 7.30. The normalized spacial score (nSPS) is 11.0. The second kappa shape index (κ2) is 6.51. The minimum absolute atomic E-state index is 0.000250. The van der Waals surface area contributed by atoms with E-state index in [9.17, 15) is 0 Å². The molecule has 0 aliphatic rings. The van der Waals surface area contributed by atoms with Crippen LogP contribution >= 0.6 is 0 Å². The molecule has 0 atom stereocenters. The lowest BCUT2D eigenvalue weighted by Crippen LogP contribution is -2.15. The molecule has 2 rings (SSSR count). The van der Waals surface area contributed by atoms with Crippen LogP contribution < -0.4 is 10.1 Å². The highest BCUT2D eigenvalue weighted by Crippen LogP contribution is 2.14. The van der Waals surface area contributed by atoms with E-state index in [4.69, 9.17) is 4.74 Å². The van der Waals surface area contributed by atoms with Gasteiger partial charge in [-0.2, -0.15) is 20.1 Å². The van der Waals surface area contributed by atoms with E-state index in [-0.39, 0.29) is 6.10 Å². The number of hydrogen-bond donors (Lipinski definition) is 1. The maximum absolute atomic E-state index is 5.60. The van der Waals surface area contributed by atoms with Gasteiger partial charge in [0.2, 0.25) is 5.95 Å². The molecule has 7 nitrogen and oxygen atoms in total. The summed E-state index contributed by atoms with van der Waals surface area (Å²) in [4.78, 5) is 13.0. The molecule has 1 N–H and O–H groups in total. The highest BCUT2D eigenvalue weighted by molar-refractivity contribution is 5.31. The first-order valence-electron chi connectivity index (χ1n) is 7.19. The Morgan fingerprint density at radius 2 is 2.00 bits per heavy atom. The summed E-state index contributed by atoms with van der Waals surface area (Å²) in [5, 5.41) is 7.56. The Kier molecular flexibility index (Phi) is 4.72. The second-order valence-electron chi connectivity index (χ2n) is 5.17. The van der Waals surface area contributed by atoms with Crippen molar-refractivity contribution in [1.82, 2.24) is 24.7 Å². The molecule has 0 radical (unpaired) electrons. The van der Waals surface area contributed by atoms with Crippen molar-refractivity contribution in [3.05, 3.63) is 17.5 Å². The number of aryl methyl sites for hydroxylation is 2. The smallest absolute Gasteiger partial charge is 0.323 e. The molecule has 0 bridgehead atoms. The zero-order chi connectivity index (χ0) is 15.4. The van der Waals surface area contributed by atoms with Crippen LogP contribution in [0.25, 0.3) is 5.95 Å². The van der Waals surface area contributed by atoms with E-state index >= 15 is 0 Å². The number of hydrogen-bond acceptors (Lipinski definition) is 6. The molecule has 0 unspecified atom stereocenters. The van der Waals surface area contributed by atoms with Crippen molar-refractivity contribution in [2.24, 2.45) is 0 Å². The number of aromatic nitrogens is 5. The summed E-state index contributed by atoms with van der Waals surface area (Å²) in [7, 11) is 0. The molecular weight excluding hydrogens is 268 g/mol. The van der Waals surface area contributed by atoms with Gasteiger partial charge in [0.05, 0.1) is 11.8 Å². The van der Waals surface area contributed by atoms with Crippen molar-refractivity contribution < 1.29 is 4.74 Å². The molecule has 2 aromatic heterocycles. The van der Waals surface area contributed by atoms with Gasteiger partial charge in [0.1, 0.15) is 0 Å². The standard InChI is InChI=1S/C14H22N6O/c1-6-7-15-12-16-13(18-14(17-12)21-9(2)3)20-11(5)8-10(4)19-20/h8-9H,6-7H2,1-5H3,(H,15,16,17,18). The summed E-state index contributed by atoms with van der Waals surface area (Å²) in [5.41, 5.74) is 1.89. The van der Waals surface area contributed by atoms with Gasteiger partial charge in [-0.25, -0.2) is 4.68 Å². The van der Waals surface area contributed by atoms with Gasteiger partial charge in [-0.3, -0.25) is 0 Å². The van der Waals surface area contributed by atoms with Crippen molar-refractivity contribution in [3.8, 4) is 12.0 Å². The van der Waals surface area contributed by atoms with Crippen molar-refractivity contribution in [3.63, 3.8) is 0 Å². The third-order valence-electron chi connectivity index (χ3n) is 2.68. The SMILES string of the molecule is CCCNc1nc(OC(C)C)nc(-n2nc(C)cc2C)n1. The maximum atomic E-state index is 5.60. The van der Waals surface area contributed by atoms with Crippen molar-refractivity contribution in [2.75, 3.05) is 11.9 Å². The van der Waals surface area contributed by atoms with E-state index in [1.165, 1.54) is 0 Å². The third-order valence-corrected chi connectivity index (χ3v) is 2.68. The predicted molar refractivity (Wildman–Crippen MR) is 81.0 cm³/mol. The Balaban J connectivity index is 2.41. The van der Waals surface area contributed by atoms with Crippen LogP contribution in [0.3, 0.4) is 0 Å². The third kappa shape index (κ3) is 3.90. The first-order chi connectivity index (χ1) is 9.99. The molecule has 0 saturated heterocycles. The molecule has 7 heteroatoms. The van der Waals surface area contributed by atoms with Crippen LogP contribution in [-0.4, -0.2) is 37.4 Å². The van der Waals surface area contributed by atoms with Gasteiger partial charge in [0.15, 0.2) is 0 Å². The van der Waals surface area contributed by atoms with Gasteiger partial charge in [-0.05, 0) is 40.2 Å². The van der Waals surface area contributed by atoms with Gasteiger partial charge in [0.25, 0.3) is 5.95 Å². The zero-order valence-corrected chi connectivity index (χ0v) is 13.2. The summed E-state index contributed by atoms with van der Waals surface area (Å²) in [6.45, 7) is 10.7. The minimum atomic E-state index is -0.000250. The van der Waals surface area contributed by atoms with Gasteiger partial charge >= 0.3 is 6.01 Å². The van der Waals surface area contributed by atoms with E-state index in [1.54, 1.807) is 4.68 Å². The molecule has 0 amide bonds. The molecule has 0 aliphatic heterocycles. The molecule has 0 spiro atoms. The van der Waals surface area contributed by atoms with Crippen LogP contribution in [0.5, 0.6) is 6.01 Å².